The molecule has 1 N–H and O–H groups in total. The molecule has 0 aliphatic carbocycles. The van der Waals surface area contributed by atoms with Gasteiger partial charge in [-0.05, 0) is 62.9 Å². The Morgan fingerprint density at radius 2 is 1.83 bits per heavy atom. The second kappa shape index (κ2) is 8.38. The maximum Gasteiger partial charge on any atom is 0.317 e. The third-order valence-corrected chi connectivity index (χ3v) is 5.16. The Morgan fingerprint density at radius 3 is 2.54 bits per heavy atom. The number of likely N-dealkylation sites (tertiary alicyclic amines) is 2. The van der Waals surface area contributed by atoms with Crippen LogP contribution in [0.15, 0.2) is 24.3 Å². The Bertz CT molecular complexity index is 526. The van der Waals surface area contributed by atoms with E-state index in [-0.39, 0.29) is 6.03 Å². The minimum atomic E-state index is 0.0784. The third kappa shape index (κ3) is 4.41. The van der Waals surface area contributed by atoms with Gasteiger partial charge in [0.2, 0.25) is 0 Å². The van der Waals surface area contributed by atoms with E-state index in [1.807, 2.05) is 24.3 Å². The zero-order valence-electron chi connectivity index (χ0n) is 14.7. The van der Waals surface area contributed by atoms with Gasteiger partial charge in [-0.15, -0.1) is 0 Å². The number of ether oxygens (including phenoxy) is 1. The summed E-state index contributed by atoms with van der Waals surface area (Å²) in [4.78, 5) is 17.2. The topological polar surface area (TPSA) is 44.8 Å². The quantitative estimate of drug-likeness (QED) is 0.902. The Balaban J connectivity index is 1.52. The highest BCUT2D eigenvalue weighted by atomic mass is 16.5. The molecule has 0 unspecified atom stereocenters. The van der Waals surface area contributed by atoms with Crippen molar-refractivity contribution in [1.29, 1.82) is 0 Å². The van der Waals surface area contributed by atoms with Crippen LogP contribution in [0.4, 0.5) is 4.79 Å². The van der Waals surface area contributed by atoms with Crippen LogP contribution >= 0.6 is 0 Å². The molecule has 2 amide bonds. The van der Waals surface area contributed by atoms with Crippen molar-refractivity contribution in [3.8, 4) is 5.75 Å². The fourth-order valence-corrected chi connectivity index (χ4v) is 3.74. The van der Waals surface area contributed by atoms with Crippen molar-refractivity contribution in [2.24, 2.45) is 0 Å². The van der Waals surface area contributed by atoms with Crippen LogP contribution in [-0.4, -0.2) is 55.2 Å². The van der Waals surface area contributed by atoms with Crippen LogP contribution in [0.2, 0.25) is 0 Å². The molecule has 2 aliphatic rings. The van der Waals surface area contributed by atoms with Crippen molar-refractivity contribution >= 4 is 6.03 Å². The van der Waals surface area contributed by atoms with Crippen LogP contribution in [0.5, 0.6) is 5.75 Å². The first-order chi connectivity index (χ1) is 11.8. The largest absolute Gasteiger partial charge is 0.497 e. The van der Waals surface area contributed by atoms with Gasteiger partial charge in [0.25, 0.3) is 0 Å². The van der Waals surface area contributed by atoms with Crippen molar-refractivity contribution in [3.63, 3.8) is 0 Å². The van der Waals surface area contributed by atoms with E-state index in [0.717, 1.165) is 37.2 Å². The number of hydrogen-bond acceptors (Lipinski definition) is 3. The Kier molecular flexibility index (Phi) is 5.96. The SMILES string of the molecule is COc1ccc(CNC(=O)N2CCCC[C@@H]2CN2CCCC2)cc1. The molecule has 1 atom stereocenters. The predicted molar refractivity (Wildman–Crippen MR) is 95.2 cm³/mol. The molecule has 24 heavy (non-hydrogen) atoms. The molecule has 0 spiro atoms. The summed E-state index contributed by atoms with van der Waals surface area (Å²) in [6, 6.07) is 8.30. The van der Waals surface area contributed by atoms with E-state index in [4.69, 9.17) is 4.74 Å². The lowest BCUT2D eigenvalue weighted by molar-refractivity contribution is 0.127. The van der Waals surface area contributed by atoms with Gasteiger partial charge in [-0.3, -0.25) is 0 Å². The summed E-state index contributed by atoms with van der Waals surface area (Å²) in [6.07, 6.45) is 6.09. The lowest BCUT2D eigenvalue weighted by Crippen LogP contribution is -2.52. The van der Waals surface area contributed by atoms with Gasteiger partial charge in [-0.25, -0.2) is 4.79 Å². The standard InChI is InChI=1S/C19H29N3O2/c1-24-18-9-7-16(8-10-18)14-20-19(23)22-13-3-2-6-17(22)15-21-11-4-5-12-21/h7-10,17H,2-6,11-15H2,1H3,(H,20,23)/t17-/m1/s1. The van der Waals surface area contributed by atoms with Gasteiger partial charge in [0.15, 0.2) is 0 Å². The molecule has 2 saturated heterocycles. The first-order valence-corrected chi connectivity index (χ1v) is 9.16. The summed E-state index contributed by atoms with van der Waals surface area (Å²) >= 11 is 0. The zero-order chi connectivity index (χ0) is 16.8. The van der Waals surface area contributed by atoms with Gasteiger partial charge in [0.1, 0.15) is 5.75 Å². The highest BCUT2D eigenvalue weighted by Crippen LogP contribution is 2.20. The van der Waals surface area contributed by atoms with Crippen LogP contribution in [0.3, 0.4) is 0 Å². The smallest absolute Gasteiger partial charge is 0.317 e. The number of hydrogen-bond donors (Lipinski definition) is 1. The van der Waals surface area contributed by atoms with Gasteiger partial charge in [0, 0.05) is 25.7 Å². The Labute approximate surface area is 145 Å². The lowest BCUT2D eigenvalue weighted by Gasteiger charge is -2.37. The fourth-order valence-electron chi connectivity index (χ4n) is 3.74. The van der Waals surface area contributed by atoms with E-state index >= 15 is 0 Å². The minimum Gasteiger partial charge on any atom is -0.497 e. The Hall–Kier alpha value is -1.75. The molecule has 0 saturated carbocycles. The summed E-state index contributed by atoms with van der Waals surface area (Å²) in [5.74, 6) is 0.840. The second-order valence-corrected chi connectivity index (χ2v) is 6.86. The number of rotatable bonds is 5. The highest BCUT2D eigenvalue weighted by molar-refractivity contribution is 5.74. The number of benzene rings is 1. The maximum atomic E-state index is 12.7. The molecule has 2 aliphatic heterocycles. The molecular weight excluding hydrogens is 302 g/mol. The molecular formula is C19H29N3O2. The third-order valence-electron chi connectivity index (χ3n) is 5.16. The average Bonchev–Trinajstić information content (AvgIpc) is 3.13. The second-order valence-electron chi connectivity index (χ2n) is 6.86. The van der Waals surface area contributed by atoms with Crippen LogP contribution < -0.4 is 10.1 Å². The molecule has 0 bridgehead atoms. The normalized spacial score (nSPS) is 21.7. The van der Waals surface area contributed by atoms with Crippen molar-refractivity contribution in [2.75, 3.05) is 33.3 Å². The highest BCUT2D eigenvalue weighted by Gasteiger charge is 2.28. The number of methoxy groups -OCH3 is 1. The van der Waals surface area contributed by atoms with Gasteiger partial charge in [0.05, 0.1) is 7.11 Å². The van der Waals surface area contributed by atoms with E-state index in [9.17, 15) is 4.79 Å². The number of amides is 2. The molecule has 0 aromatic heterocycles. The molecule has 5 nitrogen and oxygen atoms in total. The van der Waals surface area contributed by atoms with E-state index in [1.165, 1.54) is 32.4 Å². The number of carbonyl (C=O) groups excluding carboxylic acids is 1. The number of nitrogens with one attached hydrogen (secondary N) is 1. The van der Waals surface area contributed by atoms with Crippen LogP contribution in [0.1, 0.15) is 37.7 Å². The molecule has 3 rings (SSSR count). The summed E-state index contributed by atoms with van der Waals surface area (Å²) in [5, 5.41) is 3.09. The van der Waals surface area contributed by atoms with Crippen LogP contribution in [-0.2, 0) is 6.54 Å². The molecule has 1 aromatic rings. The van der Waals surface area contributed by atoms with Gasteiger partial charge >= 0.3 is 6.03 Å². The van der Waals surface area contributed by atoms with Gasteiger partial charge < -0.3 is 19.9 Å². The van der Waals surface area contributed by atoms with Crippen molar-refractivity contribution in [2.45, 2.75) is 44.7 Å². The van der Waals surface area contributed by atoms with Gasteiger partial charge in [-0.1, -0.05) is 12.1 Å². The van der Waals surface area contributed by atoms with E-state index in [1.54, 1.807) is 7.11 Å². The lowest BCUT2D eigenvalue weighted by atomic mass is 10.0. The van der Waals surface area contributed by atoms with E-state index in [0.29, 0.717) is 12.6 Å². The average molecular weight is 331 g/mol. The molecule has 0 radical (unpaired) electrons. The summed E-state index contributed by atoms with van der Waals surface area (Å²) in [5.41, 5.74) is 1.09. The van der Waals surface area contributed by atoms with E-state index < -0.39 is 0 Å². The molecule has 5 heteroatoms. The van der Waals surface area contributed by atoms with Crippen molar-refractivity contribution in [3.05, 3.63) is 29.8 Å². The molecule has 2 heterocycles. The fraction of sp³-hybridized carbons (Fsp3) is 0.632. The number of piperidine rings is 1. The monoisotopic (exact) mass is 331 g/mol. The molecule has 1 aromatic carbocycles. The minimum absolute atomic E-state index is 0.0784. The summed E-state index contributed by atoms with van der Waals surface area (Å²) < 4.78 is 5.17. The first-order valence-electron chi connectivity index (χ1n) is 9.16. The van der Waals surface area contributed by atoms with E-state index in [2.05, 4.69) is 15.1 Å². The maximum absolute atomic E-state index is 12.7. The van der Waals surface area contributed by atoms with Crippen LogP contribution in [0, 0.1) is 0 Å². The number of nitrogens with zero attached hydrogens (tertiary/aromatic N) is 2. The first kappa shape index (κ1) is 17.1. The summed E-state index contributed by atoms with van der Waals surface area (Å²) in [7, 11) is 1.66. The van der Waals surface area contributed by atoms with Crippen LogP contribution in [0.25, 0.3) is 0 Å². The number of carbonyl (C=O) groups is 1. The Morgan fingerprint density at radius 1 is 1.12 bits per heavy atom. The van der Waals surface area contributed by atoms with Crippen molar-refractivity contribution < 1.29 is 9.53 Å². The predicted octanol–water partition coefficient (Wildman–Crippen LogP) is 2.86. The molecule has 132 valence electrons. The van der Waals surface area contributed by atoms with Crippen molar-refractivity contribution in [1.82, 2.24) is 15.1 Å². The number of urea groups is 1. The summed E-state index contributed by atoms with van der Waals surface area (Å²) in [6.45, 7) is 4.87. The zero-order valence-corrected chi connectivity index (χ0v) is 14.7. The molecule has 2 fully saturated rings. The van der Waals surface area contributed by atoms with Gasteiger partial charge in [-0.2, -0.15) is 0 Å².